The molecule has 1 saturated heterocycles. The lowest BCUT2D eigenvalue weighted by molar-refractivity contribution is 0.0730. The van der Waals surface area contributed by atoms with Gasteiger partial charge in [-0.1, -0.05) is 12.1 Å². The highest BCUT2D eigenvalue weighted by molar-refractivity contribution is 7.09. The highest BCUT2D eigenvalue weighted by Crippen LogP contribution is 2.34. The molecule has 6 heteroatoms. The van der Waals surface area contributed by atoms with Crippen LogP contribution in [0.5, 0.6) is 5.75 Å². The Morgan fingerprint density at radius 3 is 3.14 bits per heavy atom. The topological polar surface area (TPSA) is 68.5 Å². The van der Waals surface area contributed by atoms with E-state index in [9.17, 15) is 4.79 Å². The number of likely N-dealkylation sites (tertiary alicyclic amines) is 1. The number of benzene rings is 1. The number of thiazole rings is 1. The summed E-state index contributed by atoms with van der Waals surface area (Å²) in [7, 11) is 1.65. The fraction of sp³-hybridized carbons (Fsp3) is 0.375. The van der Waals surface area contributed by atoms with E-state index in [1.165, 1.54) is 11.3 Å². The second kappa shape index (κ2) is 6.46. The van der Waals surface area contributed by atoms with Crippen LogP contribution in [0, 0.1) is 0 Å². The summed E-state index contributed by atoms with van der Waals surface area (Å²) in [5.41, 5.74) is 7.19. The number of ether oxygens (including phenoxy) is 1. The molecule has 1 aliphatic rings. The van der Waals surface area contributed by atoms with Crippen molar-refractivity contribution in [2.75, 3.05) is 13.7 Å². The van der Waals surface area contributed by atoms with E-state index in [0.717, 1.165) is 35.7 Å². The van der Waals surface area contributed by atoms with Crippen LogP contribution in [0.3, 0.4) is 0 Å². The first-order valence-electron chi connectivity index (χ1n) is 7.32. The molecule has 1 unspecified atom stereocenters. The standard InChI is InChI=1S/C16H19N3O2S/c1-21-12-5-2-4-11(8-12)14-6-3-7-19(14)16(20)13-10-22-15(9-17)18-13/h2,4-5,8,10,14H,3,6-7,9,17H2,1H3. The second-order valence-corrected chi connectivity index (χ2v) is 6.21. The van der Waals surface area contributed by atoms with Crippen molar-refractivity contribution in [1.82, 2.24) is 9.88 Å². The van der Waals surface area contributed by atoms with Crippen LogP contribution >= 0.6 is 11.3 Å². The monoisotopic (exact) mass is 317 g/mol. The van der Waals surface area contributed by atoms with Crippen molar-refractivity contribution < 1.29 is 9.53 Å². The van der Waals surface area contributed by atoms with Gasteiger partial charge in [0, 0.05) is 18.5 Å². The van der Waals surface area contributed by atoms with Crippen molar-refractivity contribution in [2.45, 2.75) is 25.4 Å². The fourth-order valence-electron chi connectivity index (χ4n) is 2.86. The van der Waals surface area contributed by atoms with Crippen molar-refractivity contribution >= 4 is 17.2 Å². The quantitative estimate of drug-likeness (QED) is 0.941. The first-order chi connectivity index (χ1) is 10.7. The van der Waals surface area contributed by atoms with Crippen LogP contribution in [0.1, 0.15) is 39.9 Å². The number of hydrogen-bond acceptors (Lipinski definition) is 5. The first-order valence-corrected chi connectivity index (χ1v) is 8.20. The summed E-state index contributed by atoms with van der Waals surface area (Å²) in [5, 5.41) is 2.59. The molecule has 1 aromatic heterocycles. The van der Waals surface area contributed by atoms with Crippen LogP contribution in [0.2, 0.25) is 0 Å². The third-order valence-electron chi connectivity index (χ3n) is 3.94. The van der Waals surface area contributed by atoms with E-state index >= 15 is 0 Å². The number of hydrogen-bond donors (Lipinski definition) is 1. The largest absolute Gasteiger partial charge is 0.497 e. The van der Waals surface area contributed by atoms with Crippen molar-refractivity contribution in [2.24, 2.45) is 5.73 Å². The molecular formula is C16H19N3O2S. The van der Waals surface area contributed by atoms with Crippen molar-refractivity contribution in [3.63, 3.8) is 0 Å². The molecule has 2 aromatic rings. The lowest BCUT2D eigenvalue weighted by atomic mass is 10.0. The Morgan fingerprint density at radius 2 is 2.41 bits per heavy atom. The number of aromatic nitrogens is 1. The number of rotatable bonds is 4. The average molecular weight is 317 g/mol. The Morgan fingerprint density at radius 1 is 1.55 bits per heavy atom. The normalized spacial score (nSPS) is 17.7. The number of nitrogens with zero attached hydrogens (tertiary/aromatic N) is 2. The third kappa shape index (κ3) is 2.84. The molecule has 22 heavy (non-hydrogen) atoms. The summed E-state index contributed by atoms with van der Waals surface area (Å²) in [6.07, 6.45) is 1.97. The summed E-state index contributed by atoms with van der Waals surface area (Å²) < 4.78 is 5.28. The minimum absolute atomic E-state index is 0.0127. The summed E-state index contributed by atoms with van der Waals surface area (Å²) in [6, 6.07) is 8.02. The van der Waals surface area contributed by atoms with E-state index in [-0.39, 0.29) is 11.9 Å². The zero-order valence-electron chi connectivity index (χ0n) is 12.5. The van der Waals surface area contributed by atoms with Crippen molar-refractivity contribution in [3.05, 3.63) is 45.9 Å². The van der Waals surface area contributed by atoms with Crippen molar-refractivity contribution in [3.8, 4) is 5.75 Å². The first kappa shape index (κ1) is 15.0. The summed E-state index contributed by atoms with van der Waals surface area (Å²) in [6.45, 7) is 1.13. The molecule has 0 saturated carbocycles. The molecule has 2 heterocycles. The molecule has 2 N–H and O–H groups in total. The van der Waals surface area contributed by atoms with E-state index in [0.29, 0.717) is 12.2 Å². The smallest absolute Gasteiger partial charge is 0.273 e. The third-order valence-corrected chi connectivity index (χ3v) is 4.81. The van der Waals surface area contributed by atoms with Crippen LogP contribution in [0.4, 0.5) is 0 Å². The van der Waals surface area contributed by atoms with E-state index < -0.39 is 0 Å². The number of nitrogens with two attached hydrogens (primary N) is 1. The van der Waals surface area contributed by atoms with Gasteiger partial charge in [-0.05, 0) is 30.5 Å². The molecule has 0 bridgehead atoms. The van der Waals surface area contributed by atoms with E-state index in [4.69, 9.17) is 10.5 Å². The molecule has 1 aromatic carbocycles. The molecule has 0 radical (unpaired) electrons. The van der Waals surface area contributed by atoms with Crippen LogP contribution < -0.4 is 10.5 Å². The maximum Gasteiger partial charge on any atom is 0.273 e. The van der Waals surface area contributed by atoms with Gasteiger partial charge in [0.15, 0.2) is 0 Å². The summed E-state index contributed by atoms with van der Waals surface area (Å²) in [4.78, 5) is 18.9. The minimum atomic E-state index is -0.0127. The summed E-state index contributed by atoms with van der Waals surface area (Å²) in [5.74, 6) is 0.803. The zero-order valence-corrected chi connectivity index (χ0v) is 13.3. The van der Waals surface area contributed by atoms with Gasteiger partial charge < -0.3 is 15.4 Å². The predicted molar refractivity (Wildman–Crippen MR) is 86.0 cm³/mol. The Balaban J connectivity index is 1.84. The molecule has 5 nitrogen and oxygen atoms in total. The molecule has 1 fully saturated rings. The maximum absolute atomic E-state index is 12.7. The van der Waals surface area contributed by atoms with Crippen LogP contribution in [0.25, 0.3) is 0 Å². The Labute approximate surface area is 133 Å². The molecule has 0 aliphatic carbocycles. The number of amides is 1. The molecule has 0 spiro atoms. The molecule has 1 atom stereocenters. The zero-order chi connectivity index (χ0) is 15.5. The predicted octanol–water partition coefficient (Wildman–Crippen LogP) is 2.59. The lowest BCUT2D eigenvalue weighted by Crippen LogP contribution is -2.30. The fourth-order valence-corrected chi connectivity index (χ4v) is 3.50. The second-order valence-electron chi connectivity index (χ2n) is 5.26. The minimum Gasteiger partial charge on any atom is -0.497 e. The maximum atomic E-state index is 12.7. The van der Waals surface area contributed by atoms with Gasteiger partial charge in [0.25, 0.3) is 5.91 Å². The van der Waals surface area contributed by atoms with Crippen LogP contribution in [0.15, 0.2) is 29.6 Å². The molecule has 1 aliphatic heterocycles. The summed E-state index contributed by atoms with van der Waals surface area (Å²) >= 11 is 1.44. The van der Waals surface area contributed by atoms with Gasteiger partial charge in [0.2, 0.25) is 0 Å². The van der Waals surface area contributed by atoms with Crippen molar-refractivity contribution in [1.29, 1.82) is 0 Å². The molecular weight excluding hydrogens is 298 g/mol. The van der Waals surface area contributed by atoms with Gasteiger partial charge in [-0.2, -0.15) is 0 Å². The average Bonchev–Trinajstić information content (AvgIpc) is 3.23. The van der Waals surface area contributed by atoms with Crippen LogP contribution in [-0.4, -0.2) is 29.4 Å². The van der Waals surface area contributed by atoms with Gasteiger partial charge in [0.1, 0.15) is 16.5 Å². The Kier molecular flexibility index (Phi) is 4.40. The number of carbonyl (C=O) groups is 1. The number of methoxy groups -OCH3 is 1. The Hall–Kier alpha value is -1.92. The van der Waals surface area contributed by atoms with Gasteiger partial charge in [-0.15, -0.1) is 11.3 Å². The SMILES string of the molecule is COc1cccc(C2CCCN2C(=O)c2csc(CN)n2)c1. The van der Waals surface area contributed by atoms with E-state index in [1.807, 2.05) is 29.2 Å². The van der Waals surface area contributed by atoms with Crippen LogP contribution in [-0.2, 0) is 6.54 Å². The highest BCUT2D eigenvalue weighted by atomic mass is 32.1. The van der Waals surface area contributed by atoms with Gasteiger partial charge >= 0.3 is 0 Å². The number of carbonyl (C=O) groups excluding carboxylic acids is 1. The Bertz CT molecular complexity index is 671. The van der Waals surface area contributed by atoms with Gasteiger partial charge in [-0.3, -0.25) is 4.79 Å². The van der Waals surface area contributed by atoms with Gasteiger partial charge in [-0.25, -0.2) is 4.98 Å². The lowest BCUT2D eigenvalue weighted by Gasteiger charge is -2.24. The molecule has 116 valence electrons. The molecule has 3 rings (SSSR count). The van der Waals surface area contributed by atoms with E-state index in [1.54, 1.807) is 12.5 Å². The van der Waals surface area contributed by atoms with Gasteiger partial charge in [0.05, 0.1) is 13.2 Å². The molecule has 1 amide bonds. The highest BCUT2D eigenvalue weighted by Gasteiger charge is 2.31. The van der Waals surface area contributed by atoms with E-state index in [2.05, 4.69) is 4.98 Å².